The maximum absolute atomic E-state index is 3.48. The Morgan fingerprint density at radius 2 is 2.08 bits per heavy atom. The van der Waals surface area contributed by atoms with E-state index in [0.717, 1.165) is 0 Å². The average molecular weight is 223 g/mol. The van der Waals surface area contributed by atoms with E-state index in [-0.39, 0.29) is 0 Å². The molecule has 0 unspecified atom stereocenters. The van der Waals surface area contributed by atoms with Crippen molar-refractivity contribution in [1.29, 1.82) is 0 Å². The monoisotopic (exact) mass is 222 g/mol. The van der Waals surface area contributed by atoms with Gasteiger partial charge < -0.3 is 0 Å². The zero-order valence-electron chi connectivity index (χ0n) is 7.10. The fourth-order valence-electron chi connectivity index (χ4n) is 1.36. The Balaban J connectivity index is 2.40. The molecule has 0 bridgehead atoms. The molecule has 0 spiro atoms. The van der Waals surface area contributed by atoms with E-state index in [0.29, 0.717) is 0 Å². The van der Waals surface area contributed by atoms with E-state index < -0.39 is 0 Å². The molecule has 0 heterocycles. The van der Waals surface area contributed by atoms with Gasteiger partial charge in [-0.3, -0.25) is 0 Å². The number of halogens is 1. The molecule has 0 aromatic heterocycles. The third kappa shape index (κ3) is 1.61. The fraction of sp³-hybridized carbons (Fsp3) is 0.273. The molecule has 12 heavy (non-hydrogen) atoms. The van der Waals surface area contributed by atoms with Crippen molar-refractivity contribution in [2.24, 2.45) is 0 Å². The molecule has 0 atom stereocenters. The minimum Gasteiger partial charge on any atom is -0.0661 e. The second kappa shape index (κ2) is 3.06. The van der Waals surface area contributed by atoms with Crippen LogP contribution in [0.5, 0.6) is 0 Å². The maximum Gasteiger partial charge on any atom is 0.0181 e. The summed E-state index contributed by atoms with van der Waals surface area (Å²) < 4.78 is 1.17. The zero-order chi connectivity index (χ0) is 8.55. The second-order valence-electron chi connectivity index (χ2n) is 3.24. The van der Waals surface area contributed by atoms with Crippen LogP contribution >= 0.6 is 15.9 Å². The highest BCUT2D eigenvalue weighted by Gasteiger charge is 2.15. The van der Waals surface area contributed by atoms with Crippen molar-refractivity contribution < 1.29 is 0 Å². The number of hydrogen-bond donors (Lipinski definition) is 0. The molecule has 0 radical (unpaired) electrons. The van der Waals surface area contributed by atoms with Crippen LogP contribution in [-0.2, 0) is 0 Å². The van der Waals surface area contributed by atoms with Gasteiger partial charge in [-0.05, 0) is 43.0 Å². The summed E-state index contributed by atoms with van der Waals surface area (Å²) in [6.45, 7) is 2.21. The lowest BCUT2D eigenvalue weighted by Crippen LogP contribution is -1.78. The Morgan fingerprint density at radius 1 is 1.33 bits per heavy atom. The van der Waals surface area contributed by atoms with Crippen molar-refractivity contribution in [3.05, 3.63) is 39.9 Å². The van der Waals surface area contributed by atoms with E-state index in [1.54, 1.807) is 5.57 Å². The number of rotatable bonds is 1. The number of allylic oxidation sites excluding steroid dienone is 2. The molecule has 0 aliphatic heterocycles. The molecule has 1 aliphatic rings. The number of benzene rings is 1. The Bertz CT molecular complexity index is 331. The standard InChI is InChI=1S/C11H11Br/c1-8(9-5-6-9)10-3-2-4-11(12)7-10/h2-4,7H,5-6H2,1H3. The second-order valence-corrected chi connectivity index (χ2v) is 4.15. The van der Waals surface area contributed by atoms with Gasteiger partial charge in [0.2, 0.25) is 0 Å². The molecule has 1 heteroatoms. The molecule has 1 aromatic carbocycles. The summed E-state index contributed by atoms with van der Waals surface area (Å²) in [5.74, 6) is 0. The van der Waals surface area contributed by atoms with Gasteiger partial charge in [0.15, 0.2) is 0 Å². The van der Waals surface area contributed by atoms with Gasteiger partial charge in [-0.2, -0.15) is 0 Å². The summed E-state index contributed by atoms with van der Waals surface area (Å²) in [4.78, 5) is 0. The summed E-state index contributed by atoms with van der Waals surface area (Å²) in [6.07, 6.45) is 2.61. The molecule has 0 amide bonds. The quantitative estimate of drug-likeness (QED) is 0.674. The fourth-order valence-corrected chi connectivity index (χ4v) is 1.76. The largest absolute Gasteiger partial charge is 0.0661 e. The SMILES string of the molecule is CC(=C1CC1)c1cccc(Br)c1. The highest BCUT2D eigenvalue weighted by atomic mass is 79.9. The maximum atomic E-state index is 3.48. The first-order chi connectivity index (χ1) is 5.77. The lowest BCUT2D eigenvalue weighted by atomic mass is 10.1. The van der Waals surface area contributed by atoms with E-state index in [1.807, 2.05) is 0 Å². The van der Waals surface area contributed by atoms with Crippen LogP contribution in [0.25, 0.3) is 5.57 Å². The van der Waals surface area contributed by atoms with Crippen molar-refractivity contribution in [2.75, 3.05) is 0 Å². The van der Waals surface area contributed by atoms with Gasteiger partial charge in [-0.15, -0.1) is 0 Å². The van der Waals surface area contributed by atoms with Crippen LogP contribution < -0.4 is 0 Å². The van der Waals surface area contributed by atoms with E-state index in [1.165, 1.54) is 28.5 Å². The number of hydrogen-bond acceptors (Lipinski definition) is 0. The molecule has 1 saturated carbocycles. The van der Waals surface area contributed by atoms with Crippen molar-refractivity contribution in [3.63, 3.8) is 0 Å². The molecule has 2 rings (SSSR count). The van der Waals surface area contributed by atoms with Crippen LogP contribution in [0.1, 0.15) is 25.3 Å². The molecule has 1 fully saturated rings. The van der Waals surface area contributed by atoms with Crippen LogP contribution in [0.4, 0.5) is 0 Å². The predicted molar refractivity (Wildman–Crippen MR) is 56.0 cm³/mol. The van der Waals surface area contributed by atoms with Gasteiger partial charge in [0.1, 0.15) is 0 Å². The Morgan fingerprint density at radius 3 is 2.67 bits per heavy atom. The van der Waals surface area contributed by atoms with Crippen molar-refractivity contribution >= 4 is 21.5 Å². The lowest BCUT2D eigenvalue weighted by molar-refractivity contribution is 1.50. The first-order valence-electron chi connectivity index (χ1n) is 4.22. The summed E-state index contributed by atoms with van der Waals surface area (Å²) in [5, 5.41) is 0. The van der Waals surface area contributed by atoms with Gasteiger partial charge in [0, 0.05) is 4.47 Å². The topological polar surface area (TPSA) is 0 Å². The van der Waals surface area contributed by atoms with Crippen LogP contribution in [0.15, 0.2) is 34.3 Å². The summed E-state index contributed by atoms with van der Waals surface area (Å²) in [6, 6.07) is 8.51. The normalized spacial score (nSPS) is 14.7. The predicted octanol–water partition coefficient (Wildman–Crippen LogP) is 4.02. The van der Waals surface area contributed by atoms with Gasteiger partial charge in [-0.1, -0.05) is 33.6 Å². The van der Waals surface area contributed by atoms with E-state index >= 15 is 0 Å². The molecule has 1 aliphatic carbocycles. The van der Waals surface area contributed by atoms with E-state index in [4.69, 9.17) is 0 Å². The first kappa shape index (κ1) is 8.06. The molecule has 0 saturated heterocycles. The Kier molecular flexibility index (Phi) is 2.05. The van der Waals surface area contributed by atoms with E-state index in [2.05, 4.69) is 47.1 Å². The first-order valence-corrected chi connectivity index (χ1v) is 5.01. The Labute approximate surface area is 81.4 Å². The van der Waals surface area contributed by atoms with Crippen LogP contribution in [0.2, 0.25) is 0 Å². The van der Waals surface area contributed by atoms with Crippen LogP contribution in [0.3, 0.4) is 0 Å². The van der Waals surface area contributed by atoms with Gasteiger partial charge >= 0.3 is 0 Å². The van der Waals surface area contributed by atoms with E-state index in [9.17, 15) is 0 Å². The third-order valence-electron chi connectivity index (χ3n) is 2.29. The zero-order valence-corrected chi connectivity index (χ0v) is 8.69. The third-order valence-corrected chi connectivity index (χ3v) is 2.78. The lowest BCUT2D eigenvalue weighted by Gasteiger charge is -2.00. The summed E-state index contributed by atoms with van der Waals surface area (Å²) in [5.41, 5.74) is 4.45. The highest BCUT2D eigenvalue weighted by Crippen LogP contribution is 2.36. The molecular formula is C11H11Br. The molecule has 0 N–H and O–H groups in total. The molecule has 0 nitrogen and oxygen atoms in total. The van der Waals surface area contributed by atoms with Crippen molar-refractivity contribution in [3.8, 4) is 0 Å². The molecule has 1 aromatic rings. The van der Waals surface area contributed by atoms with Crippen molar-refractivity contribution in [1.82, 2.24) is 0 Å². The van der Waals surface area contributed by atoms with Gasteiger partial charge in [-0.25, -0.2) is 0 Å². The van der Waals surface area contributed by atoms with Crippen LogP contribution in [0, 0.1) is 0 Å². The smallest absolute Gasteiger partial charge is 0.0181 e. The van der Waals surface area contributed by atoms with Gasteiger partial charge in [0.05, 0.1) is 0 Å². The van der Waals surface area contributed by atoms with Crippen LogP contribution in [-0.4, -0.2) is 0 Å². The summed E-state index contributed by atoms with van der Waals surface area (Å²) in [7, 11) is 0. The highest BCUT2D eigenvalue weighted by molar-refractivity contribution is 9.10. The minimum atomic E-state index is 1.17. The van der Waals surface area contributed by atoms with Gasteiger partial charge in [0.25, 0.3) is 0 Å². The molecule has 62 valence electrons. The molecular weight excluding hydrogens is 212 g/mol. The average Bonchev–Trinajstić information content (AvgIpc) is 2.85. The summed E-state index contributed by atoms with van der Waals surface area (Å²) >= 11 is 3.48. The minimum absolute atomic E-state index is 1.17. The van der Waals surface area contributed by atoms with Crippen molar-refractivity contribution in [2.45, 2.75) is 19.8 Å². The Hall–Kier alpha value is -0.560.